The summed E-state index contributed by atoms with van der Waals surface area (Å²) in [4.78, 5) is 22.1. The molecule has 1 heterocycles. The number of carbonyl (C=O) groups is 2. The maximum atomic E-state index is 13.5. The number of carbonyl (C=O) groups excluding carboxylic acids is 2. The largest absolute Gasteiger partial charge is 0.371 e. The van der Waals surface area contributed by atoms with Crippen molar-refractivity contribution in [2.75, 3.05) is 5.32 Å². The highest BCUT2D eigenvalue weighted by molar-refractivity contribution is 6.31. The van der Waals surface area contributed by atoms with Crippen molar-refractivity contribution in [1.82, 2.24) is 5.32 Å². The average Bonchev–Trinajstić information content (AvgIpc) is 2.53. The molecule has 1 unspecified atom stereocenters. The molecule has 0 bridgehead atoms. The quantitative estimate of drug-likeness (QED) is 0.769. The van der Waals surface area contributed by atoms with Crippen LogP contribution in [0.25, 0.3) is 0 Å². The third-order valence-corrected chi connectivity index (χ3v) is 2.54. The summed E-state index contributed by atoms with van der Waals surface area (Å²) < 4.78 is 13.5. The molecule has 1 aliphatic rings. The molecule has 1 atom stereocenters. The molecule has 1 aromatic carbocycles. The van der Waals surface area contributed by atoms with E-state index >= 15 is 0 Å². The second kappa shape index (κ2) is 4.09. The van der Waals surface area contributed by atoms with Crippen LogP contribution in [0.4, 0.5) is 10.1 Å². The molecular formula is C10H8ClFN2O2. The van der Waals surface area contributed by atoms with E-state index in [4.69, 9.17) is 11.6 Å². The van der Waals surface area contributed by atoms with Crippen LogP contribution in [0.15, 0.2) is 18.2 Å². The highest BCUT2D eigenvalue weighted by Gasteiger charge is 2.30. The van der Waals surface area contributed by atoms with E-state index in [2.05, 4.69) is 10.6 Å². The van der Waals surface area contributed by atoms with Crippen LogP contribution in [0, 0.1) is 5.82 Å². The van der Waals surface area contributed by atoms with Gasteiger partial charge in [0.25, 0.3) is 0 Å². The zero-order valence-electron chi connectivity index (χ0n) is 8.09. The summed E-state index contributed by atoms with van der Waals surface area (Å²) in [6.07, 6.45) is 0.00475. The van der Waals surface area contributed by atoms with Gasteiger partial charge in [0.15, 0.2) is 5.82 Å². The molecule has 1 fully saturated rings. The number of halogens is 2. The Kier molecular flexibility index (Phi) is 2.78. The smallest absolute Gasteiger partial charge is 0.249 e. The van der Waals surface area contributed by atoms with Crippen molar-refractivity contribution in [3.8, 4) is 0 Å². The Morgan fingerprint density at radius 1 is 1.44 bits per heavy atom. The van der Waals surface area contributed by atoms with Crippen LogP contribution in [0.2, 0.25) is 5.02 Å². The van der Waals surface area contributed by atoms with Crippen molar-refractivity contribution >= 4 is 29.1 Å². The van der Waals surface area contributed by atoms with E-state index < -0.39 is 17.8 Å². The van der Waals surface area contributed by atoms with Gasteiger partial charge < -0.3 is 5.32 Å². The fourth-order valence-electron chi connectivity index (χ4n) is 1.47. The van der Waals surface area contributed by atoms with Gasteiger partial charge in [0, 0.05) is 0 Å². The molecule has 4 nitrogen and oxygen atoms in total. The first-order valence-electron chi connectivity index (χ1n) is 4.62. The van der Waals surface area contributed by atoms with Crippen LogP contribution in [0.3, 0.4) is 0 Å². The number of nitrogens with one attached hydrogen (secondary N) is 2. The van der Waals surface area contributed by atoms with Gasteiger partial charge in [-0.3, -0.25) is 14.9 Å². The number of hydrogen-bond donors (Lipinski definition) is 2. The number of hydrogen-bond acceptors (Lipinski definition) is 3. The summed E-state index contributed by atoms with van der Waals surface area (Å²) in [5.41, 5.74) is 0.113. The van der Waals surface area contributed by atoms with Gasteiger partial charge in [-0.1, -0.05) is 17.7 Å². The van der Waals surface area contributed by atoms with Crippen LogP contribution in [-0.2, 0) is 9.59 Å². The van der Waals surface area contributed by atoms with Crippen LogP contribution in [-0.4, -0.2) is 17.9 Å². The number of rotatable bonds is 2. The molecule has 0 radical (unpaired) electrons. The van der Waals surface area contributed by atoms with Crippen molar-refractivity contribution in [1.29, 1.82) is 0 Å². The summed E-state index contributed by atoms with van der Waals surface area (Å²) >= 11 is 5.58. The molecule has 84 valence electrons. The molecular weight excluding hydrogens is 235 g/mol. The molecule has 0 saturated carbocycles. The van der Waals surface area contributed by atoms with Gasteiger partial charge >= 0.3 is 0 Å². The molecule has 0 aliphatic carbocycles. The average molecular weight is 243 g/mol. The topological polar surface area (TPSA) is 58.2 Å². The highest BCUT2D eigenvalue weighted by atomic mass is 35.5. The Balaban J connectivity index is 2.18. The summed E-state index contributed by atoms with van der Waals surface area (Å²) in [6, 6.07) is 3.68. The predicted octanol–water partition coefficient (Wildman–Crippen LogP) is 1.31. The third kappa shape index (κ3) is 1.99. The van der Waals surface area contributed by atoms with Crippen LogP contribution in [0.5, 0.6) is 0 Å². The summed E-state index contributed by atoms with van der Waals surface area (Å²) in [7, 11) is 0. The first-order valence-corrected chi connectivity index (χ1v) is 5.00. The Hall–Kier alpha value is -1.62. The summed E-state index contributed by atoms with van der Waals surface area (Å²) in [5, 5.41) is 4.73. The predicted molar refractivity (Wildman–Crippen MR) is 56.6 cm³/mol. The lowest BCUT2D eigenvalue weighted by molar-refractivity contribution is -0.124. The highest BCUT2D eigenvalue weighted by Crippen LogP contribution is 2.23. The van der Waals surface area contributed by atoms with Gasteiger partial charge in [-0.15, -0.1) is 0 Å². The fraction of sp³-hybridized carbons (Fsp3) is 0.200. The molecule has 1 aromatic rings. The van der Waals surface area contributed by atoms with Crippen molar-refractivity contribution in [2.45, 2.75) is 12.5 Å². The van der Waals surface area contributed by atoms with Crippen LogP contribution >= 0.6 is 11.6 Å². The number of amides is 2. The molecule has 6 heteroatoms. The normalized spacial score (nSPS) is 19.8. The van der Waals surface area contributed by atoms with Gasteiger partial charge in [-0.05, 0) is 12.1 Å². The second-order valence-corrected chi connectivity index (χ2v) is 3.82. The molecule has 2 amide bonds. The molecule has 1 aliphatic heterocycles. The monoisotopic (exact) mass is 242 g/mol. The van der Waals surface area contributed by atoms with Gasteiger partial charge in [0.05, 0.1) is 17.1 Å². The van der Waals surface area contributed by atoms with Gasteiger partial charge in [-0.2, -0.15) is 0 Å². The van der Waals surface area contributed by atoms with Crippen LogP contribution in [0.1, 0.15) is 6.42 Å². The number of benzene rings is 1. The van der Waals surface area contributed by atoms with Gasteiger partial charge in [0.2, 0.25) is 11.8 Å². The Bertz CT molecular complexity index is 464. The summed E-state index contributed by atoms with van der Waals surface area (Å²) in [5.74, 6) is -1.45. The minimum Gasteiger partial charge on any atom is -0.371 e. The Morgan fingerprint density at radius 3 is 2.81 bits per heavy atom. The van der Waals surface area contributed by atoms with E-state index in [0.717, 1.165) is 0 Å². The van der Waals surface area contributed by atoms with E-state index in [9.17, 15) is 14.0 Å². The molecule has 1 saturated heterocycles. The SMILES string of the molecule is O=C1CC(Nc2cccc(Cl)c2F)C(=O)N1. The lowest BCUT2D eigenvalue weighted by Crippen LogP contribution is -2.30. The van der Waals surface area contributed by atoms with E-state index in [1.165, 1.54) is 12.1 Å². The van der Waals surface area contributed by atoms with E-state index in [-0.39, 0.29) is 23.0 Å². The first-order chi connectivity index (χ1) is 7.58. The number of imide groups is 1. The van der Waals surface area contributed by atoms with Crippen molar-refractivity contribution in [2.24, 2.45) is 0 Å². The van der Waals surface area contributed by atoms with Crippen molar-refractivity contribution < 1.29 is 14.0 Å². The zero-order valence-corrected chi connectivity index (χ0v) is 8.84. The third-order valence-electron chi connectivity index (χ3n) is 2.25. The molecule has 0 aromatic heterocycles. The first kappa shape index (κ1) is 10.9. The Labute approximate surface area is 95.8 Å². The number of anilines is 1. The molecule has 0 spiro atoms. The molecule has 2 rings (SSSR count). The Morgan fingerprint density at radius 2 is 2.19 bits per heavy atom. The van der Waals surface area contributed by atoms with E-state index in [1.807, 2.05) is 0 Å². The van der Waals surface area contributed by atoms with Crippen LogP contribution < -0.4 is 10.6 Å². The minimum absolute atomic E-state index is 0.00475. The maximum Gasteiger partial charge on any atom is 0.249 e. The van der Waals surface area contributed by atoms with E-state index in [1.54, 1.807) is 6.07 Å². The van der Waals surface area contributed by atoms with Crippen molar-refractivity contribution in [3.05, 3.63) is 29.0 Å². The zero-order chi connectivity index (χ0) is 11.7. The lowest BCUT2D eigenvalue weighted by atomic mass is 10.2. The summed E-state index contributed by atoms with van der Waals surface area (Å²) in [6.45, 7) is 0. The lowest BCUT2D eigenvalue weighted by Gasteiger charge is -2.11. The standard InChI is InChI=1S/C10H8ClFN2O2/c11-5-2-1-3-6(9(5)12)13-7-4-8(15)14-10(7)16/h1-3,7,13H,4H2,(H,14,15,16). The van der Waals surface area contributed by atoms with E-state index in [0.29, 0.717) is 0 Å². The van der Waals surface area contributed by atoms with Crippen molar-refractivity contribution in [3.63, 3.8) is 0 Å². The molecule has 2 N–H and O–H groups in total. The molecule has 16 heavy (non-hydrogen) atoms. The second-order valence-electron chi connectivity index (χ2n) is 3.41. The van der Waals surface area contributed by atoms with Gasteiger partial charge in [0.1, 0.15) is 6.04 Å². The maximum absolute atomic E-state index is 13.5. The fourth-order valence-corrected chi connectivity index (χ4v) is 1.65. The minimum atomic E-state index is -0.736. The van der Waals surface area contributed by atoms with Gasteiger partial charge in [-0.25, -0.2) is 4.39 Å².